The molecule has 0 aliphatic heterocycles. The molecule has 0 aliphatic rings. The van der Waals surface area contributed by atoms with Crippen LogP contribution in [0.3, 0.4) is 0 Å². The molecule has 0 amide bonds. The number of hydrogen-bond acceptors (Lipinski definition) is 3. The monoisotopic (exact) mass is 208 g/mol. The Balaban J connectivity index is 2.40. The van der Waals surface area contributed by atoms with Crippen molar-refractivity contribution >= 4 is 0 Å². The zero-order valence-corrected chi connectivity index (χ0v) is 9.70. The minimum absolute atomic E-state index is 0.216. The van der Waals surface area contributed by atoms with Gasteiger partial charge in [0.25, 0.3) is 0 Å². The highest BCUT2D eigenvalue weighted by Gasteiger charge is 2.09. The van der Waals surface area contributed by atoms with Crippen LogP contribution in [0.25, 0.3) is 0 Å². The van der Waals surface area contributed by atoms with E-state index in [2.05, 4.69) is 31.1 Å². The number of aromatic nitrogens is 1. The van der Waals surface area contributed by atoms with E-state index >= 15 is 0 Å². The summed E-state index contributed by atoms with van der Waals surface area (Å²) in [6.07, 6.45) is 2.65. The first-order valence-electron chi connectivity index (χ1n) is 5.50. The molecular weight excluding hydrogens is 188 g/mol. The van der Waals surface area contributed by atoms with E-state index in [1.54, 1.807) is 6.07 Å². The van der Waals surface area contributed by atoms with Crippen molar-refractivity contribution < 1.29 is 5.11 Å². The maximum Gasteiger partial charge on any atom is 0.133 e. The Hall–Kier alpha value is -1.09. The molecule has 3 heteroatoms. The van der Waals surface area contributed by atoms with Crippen LogP contribution in [0, 0.1) is 5.92 Å². The minimum Gasteiger partial charge on any atom is -0.506 e. The second-order valence-corrected chi connectivity index (χ2v) is 4.06. The Morgan fingerprint density at radius 2 is 2.13 bits per heavy atom. The van der Waals surface area contributed by atoms with Gasteiger partial charge in [-0.1, -0.05) is 20.3 Å². The van der Waals surface area contributed by atoms with Crippen molar-refractivity contribution in [2.75, 3.05) is 0 Å². The molecule has 1 aromatic heterocycles. The van der Waals surface area contributed by atoms with Crippen molar-refractivity contribution in [2.45, 2.75) is 39.8 Å². The molecule has 1 heterocycles. The quantitative estimate of drug-likeness (QED) is 0.780. The van der Waals surface area contributed by atoms with Crippen LogP contribution < -0.4 is 5.32 Å². The van der Waals surface area contributed by atoms with Crippen LogP contribution in [0.5, 0.6) is 5.75 Å². The summed E-state index contributed by atoms with van der Waals surface area (Å²) in [5, 5.41) is 12.5. The number of nitrogens with zero attached hydrogens (tertiary/aromatic N) is 1. The van der Waals surface area contributed by atoms with Gasteiger partial charge in [-0.25, -0.2) is 0 Å². The third-order valence-electron chi connectivity index (χ3n) is 2.91. The van der Waals surface area contributed by atoms with Gasteiger partial charge in [0.15, 0.2) is 0 Å². The van der Waals surface area contributed by atoms with Crippen LogP contribution in [-0.4, -0.2) is 16.1 Å². The summed E-state index contributed by atoms with van der Waals surface area (Å²) >= 11 is 0. The number of rotatable bonds is 5. The van der Waals surface area contributed by atoms with Crippen LogP contribution in [-0.2, 0) is 6.54 Å². The molecule has 2 N–H and O–H groups in total. The third-order valence-corrected chi connectivity index (χ3v) is 2.91. The second kappa shape index (κ2) is 5.71. The average Bonchev–Trinajstić information content (AvgIpc) is 2.26. The van der Waals surface area contributed by atoms with Gasteiger partial charge in [-0.15, -0.1) is 0 Å². The summed E-state index contributed by atoms with van der Waals surface area (Å²) in [6.45, 7) is 7.38. The van der Waals surface area contributed by atoms with Crippen molar-refractivity contribution in [1.82, 2.24) is 10.3 Å². The van der Waals surface area contributed by atoms with E-state index in [4.69, 9.17) is 5.11 Å². The minimum atomic E-state index is 0.216. The fourth-order valence-corrected chi connectivity index (χ4v) is 1.34. The second-order valence-electron chi connectivity index (χ2n) is 4.06. The van der Waals surface area contributed by atoms with E-state index in [0.717, 1.165) is 12.2 Å². The highest BCUT2D eigenvalue weighted by Crippen LogP contribution is 2.09. The molecule has 1 rings (SSSR count). The van der Waals surface area contributed by atoms with Crippen molar-refractivity contribution in [2.24, 2.45) is 5.92 Å². The van der Waals surface area contributed by atoms with E-state index in [1.165, 1.54) is 12.6 Å². The molecule has 0 saturated carbocycles. The first-order valence-corrected chi connectivity index (χ1v) is 5.50. The van der Waals surface area contributed by atoms with E-state index in [-0.39, 0.29) is 5.75 Å². The highest BCUT2D eigenvalue weighted by atomic mass is 16.3. The van der Waals surface area contributed by atoms with E-state index in [9.17, 15) is 0 Å². The van der Waals surface area contributed by atoms with Crippen molar-refractivity contribution in [3.05, 3.63) is 24.0 Å². The average molecular weight is 208 g/mol. The number of nitrogens with one attached hydrogen (secondary N) is 1. The summed E-state index contributed by atoms with van der Waals surface area (Å²) in [5.41, 5.74) is 0.961. The van der Waals surface area contributed by atoms with Crippen LogP contribution in [0.1, 0.15) is 32.9 Å². The van der Waals surface area contributed by atoms with Crippen molar-refractivity contribution in [1.29, 1.82) is 0 Å². The fraction of sp³-hybridized carbons (Fsp3) is 0.583. The van der Waals surface area contributed by atoms with Crippen LogP contribution in [0.2, 0.25) is 0 Å². The van der Waals surface area contributed by atoms with Crippen LogP contribution in [0.4, 0.5) is 0 Å². The molecule has 3 nitrogen and oxygen atoms in total. The van der Waals surface area contributed by atoms with E-state index in [1.807, 2.05) is 6.07 Å². The predicted molar refractivity (Wildman–Crippen MR) is 61.7 cm³/mol. The Kier molecular flexibility index (Phi) is 4.56. The number of pyridine rings is 1. The lowest BCUT2D eigenvalue weighted by molar-refractivity contribution is 0.387. The predicted octanol–water partition coefficient (Wildman–Crippen LogP) is 2.31. The lowest BCUT2D eigenvalue weighted by atomic mass is 10.0. The Labute approximate surface area is 91.5 Å². The van der Waals surface area contributed by atoms with Gasteiger partial charge in [-0.3, -0.25) is 4.98 Å². The molecule has 15 heavy (non-hydrogen) atoms. The standard InChI is InChI=1S/C12H20N2O/c1-4-9(2)10(3)13-7-11-5-6-12(15)8-14-11/h5-6,8-10,13,15H,4,7H2,1-3H3. The van der Waals surface area contributed by atoms with Gasteiger partial charge >= 0.3 is 0 Å². The van der Waals surface area contributed by atoms with E-state index < -0.39 is 0 Å². The van der Waals surface area contributed by atoms with Gasteiger partial charge in [0, 0.05) is 12.6 Å². The molecule has 0 bridgehead atoms. The van der Waals surface area contributed by atoms with Gasteiger partial charge in [-0.05, 0) is 25.0 Å². The smallest absolute Gasteiger partial charge is 0.133 e. The molecule has 0 aliphatic carbocycles. The lowest BCUT2D eigenvalue weighted by Gasteiger charge is -2.19. The zero-order valence-electron chi connectivity index (χ0n) is 9.70. The van der Waals surface area contributed by atoms with Crippen LogP contribution in [0.15, 0.2) is 18.3 Å². The number of aromatic hydroxyl groups is 1. The molecule has 0 spiro atoms. The normalized spacial score (nSPS) is 14.9. The van der Waals surface area contributed by atoms with Gasteiger partial charge in [0.05, 0.1) is 11.9 Å². The molecule has 2 unspecified atom stereocenters. The maximum absolute atomic E-state index is 9.08. The van der Waals surface area contributed by atoms with Crippen molar-refractivity contribution in [3.63, 3.8) is 0 Å². The first-order chi connectivity index (χ1) is 7.13. The maximum atomic E-state index is 9.08. The third kappa shape index (κ3) is 3.88. The van der Waals surface area contributed by atoms with Gasteiger partial charge in [0.2, 0.25) is 0 Å². The molecule has 2 atom stereocenters. The largest absolute Gasteiger partial charge is 0.506 e. The van der Waals surface area contributed by atoms with Gasteiger partial charge in [0.1, 0.15) is 5.75 Å². The molecule has 0 saturated heterocycles. The lowest BCUT2D eigenvalue weighted by Crippen LogP contribution is -2.31. The summed E-state index contributed by atoms with van der Waals surface area (Å²) in [7, 11) is 0. The van der Waals surface area contributed by atoms with Crippen LogP contribution >= 0.6 is 0 Å². The molecule has 0 radical (unpaired) electrons. The zero-order chi connectivity index (χ0) is 11.3. The Morgan fingerprint density at radius 1 is 1.40 bits per heavy atom. The highest BCUT2D eigenvalue weighted by molar-refractivity contribution is 5.17. The molecule has 1 aromatic rings. The van der Waals surface area contributed by atoms with E-state index in [0.29, 0.717) is 12.0 Å². The molecular formula is C12H20N2O. The Morgan fingerprint density at radius 3 is 2.67 bits per heavy atom. The Bertz CT molecular complexity index is 284. The molecule has 0 aromatic carbocycles. The topological polar surface area (TPSA) is 45.1 Å². The number of hydrogen-bond donors (Lipinski definition) is 2. The fourth-order valence-electron chi connectivity index (χ4n) is 1.34. The SMILES string of the molecule is CCC(C)C(C)NCc1ccc(O)cn1. The summed E-state index contributed by atoms with van der Waals surface area (Å²) in [5.74, 6) is 0.885. The van der Waals surface area contributed by atoms with Gasteiger partial charge in [-0.2, -0.15) is 0 Å². The molecule has 84 valence electrons. The first kappa shape index (κ1) is 12.0. The summed E-state index contributed by atoms with van der Waals surface area (Å²) in [4.78, 5) is 4.12. The summed E-state index contributed by atoms with van der Waals surface area (Å²) in [6, 6.07) is 3.99. The van der Waals surface area contributed by atoms with Gasteiger partial charge < -0.3 is 10.4 Å². The molecule has 0 fully saturated rings. The van der Waals surface area contributed by atoms with Crippen molar-refractivity contribution in [3.8, 4) is 5.75 Å². The summed E-state index contributed by atoms with van der Waals surface area (Å²) < 4.78 is 0.